The standard InChI is InChI=1S/C26H34ClN3O5/c1-17-11-20(7-10-25(17)35-15-21(32)12-27)26(3,4)19-5-8-23(9-6-19)34-16-22(33)13-30-18(2)24(14-31)28-29-30/h5-11,21-22,31-33H,12-16H2,1-4H3/p+1/t21-,22-/m0/s1. The van der Waals surface area contributed by atoms with Gasteiger partial charge in [0.15, 0.2) is 6.61 Å². The Balaban J connectivity index is 1.60. The largest absolute Gasteiger partial charge is 0.491 e. The molecule has 8 nitrogen and oxygen atoms in total. The molecule has 2 aromatic carbocycles. The summed E-state index contributed by atoms with van der Waals surface area (Å²) in [7, 11) is 0. The number of halogens is 1. The molecule has 1 aromatic heterocycles. The summed E-state index contributed by atoms with van der Waals surface area (Å²) in [6.07, 6.45) is -1.21. The van der Waals surface area contributed by atoms with Crippen LogP contribution in [0, 0.1) is 13.8 Å². The Bertz CT molecular complexity index is 1100. The topological polar surface area (TPSA) is 113 Å². The van der Waals surface area contributed by atoms with E-state index in [0.717, 1.165) is 28.1 Å². The van der Waals surface area contributed by atoms with Crippen LogP contribution in [0.4, 0.5) is 0 Å². The summed E-state index contributed by atoms with van der Waals surface area (Å²) in [5, 5.41) is 35.1. The van der Waals surface area contributed by atoms with Crippen LogP contribution in [0.1, 0.15) is 41.9 Å². The molecule has 0 aliphatic carbocycles. The van der Waals surface area contributed by atoms with Gasteiger partial charge in [-0.3, -0.25) is 0 Å². The number of ether oxygens (including phenoxy) is 2. The van der Waals surface area contributed by atoms with Gasteiger partial charge in [0.25, 0.3) is 0 Å². The number of rotatable bonds is 12. The van der Waals surface area contributed by atoms with Crippen LogP contribution in [0.5, 0.6) is 11.5 Å². The number of alkyl halides is 1. The number of aliphatic hydroxyl groups is 2. The van der Waals surface area contributed by atoms with Crippen LogP contribution in [0.2, 0.25) is 0 Å². The van der Waals surface area contributed by atoms with Crippen LogP contribution >= 0.6 is 11.6 Å². The average Bonchev–Trinajstić information content (AvgIpc) is 3.20. The van der Waals surface area contributed by atoms with E-state index in [0.29, 0.717) is 11.4 Å². The number of benzene rings is 2. The van der Waals surface area contributed by atoms with E-state index in [9.17, 15) is 10.2 Å². The first-order valence-electron chi connectivity index (χ1n) is 11.6. The van der Waals surface area contributed by atoms with Crippen molar-refractivity contribution in [1.29, 1.82) is 0 Å². The minimum atomic E-state index is -0.767. The minimum absolute atomic E-state index is 0.111. The Morgan fingerprint density at radius 1 is 1.06 bits per heavy atom. The van der Waals surface area contributed by atoms with Crippen molar-refractivity contribution in [2.24, 2.45) is 0 Å². The van der Waals surface area contributed by atoms with E-state index in [1.165, 1.54) is 0 Å². The molecule has 0 aliphatic heterocycles. The molecule has 0 bridgehead atoms. The maximum atomic E-state index is 10.3. The van der Waals surface area contributed by atoms with Crippen molar-refractivity contribution >= 4 is 11.6 Å². The van der Waals surface area contributed by atoms with Gasteiger partial charge in [-0.25, -0.2) is 4.68 Å². The van der Waals surface area contributed by atoms with Gasteiger partial charge in [0, 0.05) is 5.41 Å². The molecule has 4 N–H and O–H groups in total. The van der Waals surface area contributed by atoms with Gasteiger partial charge in [-0.2, -0.15) is 0 Å². The molecule has 1 heterocycles. The molecule has 0 spiro atoms. The lowest BCUT2D eigenvalue weighted by Gasteiger charge is -2.27. The average molecular weight is 505 g/mol. The molecule has 3 aromatic rings. The lowest BCUT2D eigenvalue weighted by Crippen LogP contribution is -2.25. The number of nitrogens with zero attached hydrogens (tertiary/aromatic N) is 3. The number of aromatic nitrogens is 3. The van der Waals surface area contributed by atoms with E-state index in [-0.39, 0.29) is 37.7 Å². The monoisotopic (exact) mass is 504 g/mol. The van der Waals surface area contributed by atoms with Gasteiger partial charge in [0.05, 0.1) is 24.7 Å². The van der Waals surface area contributed by atoms with Gasteiger partial charge >= 0.3 is 0 Å². The quantitative estimate of drug-likeness (QED) is 0.290. The second kappa shape index (κ2) is 11.9. The number of aryl methyl sites for hydroxylation is 1. The van der Waals surface area contributed by atoms with Gasteiger partial charge in [-0.05, 0) is 48.7 Å². The third-order valence-electron chi connectivity index (χ3n) is 6.15. The van der Waals surface area contributed by atoms with Crippen LogP contribution in [0.25, 0.3) is 0 Å². The van der Waals surface area contributed by atoms with E-state index >= 15 is 0 Å². The Kier molecular flexibility index (Phi) is 9.13. The minimum Gasteiger partial charge on any atom is -0.491 e. The molecular weight excluding hydrogens is 470 g/mol. The van der Waals surface area contributed by atoms with Crippen LogP contribution in [0.15, 0.2) is 42.5 Å². The highest BCUT2D eigenvalue weighted by Gasteiger charge is 2.24. The maximum Gasteiger partial charge on any atom is 0.202 e. The van der Waals surface area contributed by atoms with E-state index in [1.54, 1.807) is 11.6 Å². The summed E-state index contributed by atoms with van der Waals surface area (Å²) in [6.45, 7) is 8.56. The number of aliphatic hydroxyl groups excluding tert-OH is 2. The van der Waals surface area contributed by atoms with Crippen molar-refractivity contribution in [3.8, 4) is 11.5 Å². The predicted octanol–water partition coefficient (Wildman–Crippen LogP) is 2.86. The molecule has 9 heteroatoms. The first-order valence-corrected chi connectivity index (χ1v) is 12.1. The second-order valence-corrected chi connectivity index (χ2v) is 9.53. The number of hydrogen-bond donors (Lipinski definition) is 2. The van der Waals surface area contributed by atoms with Crippen LogP contribution in [0.3, 0.4) is 0 Å². The zero-order valence-corrected chi connectivity index (χ0v) is 21.4. The lowest BCUT2D eigenvalue weighted by molar-refractivity contribution is 0.0882. The molecular formula is C26H35ClN3O5+. The Morgan fingerprint density at radius 2 is 1.74 bits per heavy atom. The van der Waals surface area contributed by atoms with Crippen LogP contribution < -0.4 is 9.47 Å². The smallest absolute Gasteiger partial charge is 0.202 e. The highest BCUT2D eigenvalue weighted by atomic mass is 35.5. The fourth-order valence-corrected chi connectivity index (χ4v) is 3.82. The van der Waals surface area contributed by atoms with E-state index < -0.39 is 12.2 Å². The van der Waals surface area contributed by atoms with Crippen molar-refractivity contribution in [2.45, 2.75) is 58.5 Å². The number of hydrogen-bond acceptors (Lipinski definition) is 6. The first kappa shape index (κ1) is 26.9. The normalized spacial score (nSPS) is 13.5. The van der Waals surface area contributed by atoms with E-state index in [2.05, 4.69) is 36.3 Å². The predicted molar refractivity (Wildman–Crippen MR) is 136 cm³/mol. The molecule has 35 heavy (non-hydrogen) atoms. The molecule has 0 unspecified atom stereocenters. The lowest BCUT2D eigenvalue weighted by atomic mass is 9.77. The molecule has 2 atom stereocenters. The van der Waals surface area contributed by atoms with Gasteiger partial charge < -0.3 is 24.8 Å². The molecule has 0 aliphatic rings. The second-order valence-electron chi connectivity index (χ2n) is 9.22. The molecule has 0 saturated carbocycles. The first-order chi connectivity index (χ1) is 16.6. The third kappa shape index (κ3) is 6.73. The third-order valence-corrected chi connectivity index (χ3v) is 6.53. The maximum absolute atomic E-state index is 10.3. The molecule has 190 valence electrons. The zero-order chi connectivity index (χ0) is 25.6. The fourth-order valence-electron chi connectivity index (χ4n) is 3.73. The van der Waals surface area contributed by atoms with Gasteiger partial charge in [0.2, 0.25) is 6.10 Å². The summed E-state index contributed by atoms with van der Waals surface area (Å²) in [5.74, 6) is 1.68. The molecule has 3 rings (SSSR count). The molecule has 0 saturated heterocycles. The van der Waals surface area contributed by atoms with Crippen molar-refractivity contribution in [3.63, 3.8) is 0 Å². The molecule has 0 amide bonds. The highest BCUT2D eigenvalue weighted by Crippen LogP contribution is 2.34. The van der Waals surface area contributed by atoms with Crippen LogP contribution in [-0.2, 0) is 18.6 Å². The van der Waals surface area contributed by atoms with Gasteiger partial charge in [-0.1, -0.05) is 43.3 Å². The van der Waals surface area contributed by atoms with Crippen molar-refractivity contribution in [1.82, 2.24) is 15.0 Å². The molecule has 0 fully saturated rings. The highest BCUT2D eigenvalue weighted by molar-refractivity contribution is 6.18. The SMILES string of the molecule is Cc1cc(C(C)(C)c2ccc(OC[C@@H](O)Cn3nnc(CO)c3C)cc2)ccc1OC[C@@H]([OH2+])CCl. The van der Waals surface area contributed by atoms with E-state index in [1.807, 2.05) is 37.3 Å². The van der Waals surface area contributed by atoms with Gasteiger partial charge in [-0.15, -0.1) is 16.7 Å². The van der Waals surface area contributed by atoms with E-state index in [4.69, 9.17) is 26.2 Å². The van der Waals surface area contributed by atoms with Crippen molar-refractivity contribution in [2.75, 3.05) is 19.1 Å². The van der Waals surface area contributed by atoms with Crippen molar-refractivity contribution < 1.29 is 24.8 Å². The zero-order valence-electron chi connectivity index (χ0n) is 20.7. The Labute approximate surface area is 211 Å². The summed E-state index contributed by atoms with van der Waals surface area (Å²) in [5.41, 5.74) is 4.27. The summed E-state index contributed by atoms with van der Waals surface area (Å²) >= 11 is 5.70. The van der Waals surface area contributed by atoms with Crippen molar-refractivity contribution in [3.05, 3.63) is 70.5 Å². The molecule has 0 radical (unpaired) electrons. The summed E-state index contributed by atoms with van der Waals surface area (Å²) in [6, 6.07) is 14.0. The summed E-state index contributed by atoms with van der Waals surface area (Å²) in [4.78, 5) is 0. The van der Waals surface area contributed by atoms with Gasteiger partial charge in [0.1, 0.15) is 29.9 Å². The summed E-state index contributed by atoms with van der Waals surface area (Å²) < 4.78 is 13.1. The fraction of sp³-hybridized carbons (Fsp3) is 0.462. The Morgan fingerprint density at radius 3 is 2.34 bits per heavy atom. The Hall–Kier alpha value is -2.65. The van der Waals surface area contributed by atoms with Crippen LogP contribution in [-0.4, -0.2) is 61.6 Å².